The van der Waals surface area contributed by atoms with E-state index in [1.165, 1.54) is 11.1 Å². The second-order valence-electron chi connectivity index (χ2n) is 4.87. The fourth-order valence-corrected chi connectivity index (χ4v) is 2.67. The van der Waals surface area contributed by atoms with Crippen LogP contribution in [0, 0.1) is 12.3 Å². The Bertz CT molecular complexity index is 499. The summed E-state index contributed by atoms with van der Waals surface area (Å²) >= 11 is 0. The first-order valence-electron chi connectivity index (χ1n) is 7.13. The highest BCUT2D eigenvalue weighted by atomic mass is 14.9. The van der Waals surface area contributed by atoms with Gasteiger partial charge in [-0.1, -0.05) is 67.6 Å². The Balaban J connectivity index is 2.41. The molecule has 0 aliphatic rings. The van der Waals surface area contributed by atoms with Crippen molar-refractivity contribution in [1.29, 1.82) is 0 Å². The fraction of sp³-hybridized carbons (Fsp3) is 0.263. The van der Waals surface area contributed by atoms with Gasteiger partial charge in [0.15, 0.2) is 0 Å². The maximum atomic E-state index is 5.56. The second-order valence-corrected chi connectivity index (χ2v) is 4.87. The van der Waals surface area contributed by atoms with Crippen LogP contribution in [0.25, 0.3) is 0 Å². The number of benzene rings is 2. The number of hydrogen-bond donors (Lipinski definition) is 1. The summed E-state index contributed by atoms with van der Waals surface area (Å²) in [5, 5.41) is 3.54. The van der Waals surface area contributed by atoms with Gasteiger partial charge < -0.3 is 5.32 Å². The normalized spacial score (nSPS) is 12.1. The molecule has 2 aromatic carbocycles. The number of likely N-dealkylation sites (N-methyl/N-ethyl adjacent to an activating group) is 1. The molecule has 1 unspecified atom stereocenters. The van der Waals surface area contributed by atoms with Crippen LogP contribution in [0.3, 0.4) is 0 Å². The molecule has 0 aliphatic heterocycles. The molecular weight excluding hydrogens is 242 g/mol. The van der Waals surface area contributed by atoms with Crippen molar-refractivity contribution in [3.8, 4) is 12.3 Å². The van der Waals surface area contributed by atoms with E-state index >= 15 is 0 Å². The van der Waals surface area contributed by atoms with Crippen LogP contribution in [0.2, 0.25) is 0 Å². The number of rotatable bonds is 6. The van der Waals surface area contributed by atoms with Crippen molar-refractivity contribution in [1.82, 2.24) is 5.32 Å². The van der Waals surface area contributed by atoms with Gasteiger partial charge >= 0.3 is 0 Å². The van der Waals surface area contributed by atoms with Crippen LogP contribution < -0.4 is 5.32 Å². The molecule has 0 aromatic heterocycles. The highest BCUT2D eigenvalue weighted by molar-refractivity contribution is 5.34. The van der Waals surface area contributed by atoms with Crippen LogP contribution in [0.1, 0.15) is 30.4 Å². The van der Waals surface area contributed by atoms with Gasteiger partial charge in [0.05, 0.1) is 0 Å². The Kier molecular flexibility index (Phi) is 5.41. The zero-order valence-electron chi connectivity index (χ0n) is 11.9. The van der Waals surface area contributed by atoms with E-state index in [0.717, 1.165) is 13.0 Å². The first-order chi connectivity index (χ1) is 9.86. The molecule has 0 heterocycles. The Morgan fingerprint density at radius 1 is 0.950 bits per heavy atom. The van der Waals surface area contributed by atoms with E-state index in [4.69, 9.17) is 6.42 Å². The largest absolute Gasteiger partial charge is 0.312 e. The van der Waals surface area contributed by atoms with Gasteiger partial charge in [-0.25, -0.2) is 0 Å². The topological polar surface area (TPSA) is 12.0 Å². The van der Waals surface area contributed by atoms with E-state index in [1.807, 2.05) is 0 Å². The molecule has 1 atom stereocenters. The van der Waals surface area contributed by atoms with Gasteiger partial charge in [-0.3, -0.25) is 0 Å². The highest BCUT2D eigenvalue weighted by Gasteiger charge is 2.23. The highest BCUT2D eigenvalue weighted by Crippen LogP contribution is 2.29. The number of nitrogens with one attached hydrogen (secondary N) is 1. The average molecular weight is 263 g/mol. The molecule has 0 aliphatic carbocycles. The Morgan fingerprint density at radius 3 is 1.85 bits per heavy atom. The first kappa shape index (κ1) is 14.4. The summed E-state index contributed by atoms with van der Waals surface area (Å²) in [6, 6.07) is 21.4. The Morgan fingerprint density at radius 2 is 1.45 bits per heavy atom. The molecule has 1 N–H and O–H groups in total. The predicted molar refractivity (Wildman–Crippen MR) is 85.6 cm³/mol. The molecular formula is C19H21N. The molecule has 2 aromatic rings. The summed E-state index contributed by atoms with van der Waals surface area (Å²) in [7, 11) is 0. The molecule has 20 heavy (non-hydrogen) atoms. The van der Waals surface area contributed by atoms with Crippen molar-refractivity contribution in [2.75, 3.05) is 6.54 Å². The Labute approximate surface area is 122 Å². The molecule has 0 spiro atoms. The summed E-state index contributed by atoms with van der Waals surface area (Å²) in [4.78, 5) is 0. The molecule has 0 amide bonds. The van der Waals surface area contributed by atoms with E-state index in [1.54, 1.807) is 0 Å². The van der Waals surface area contributed by atoms with Crippen molar-refractivity contribution in [2.24, 2.45) is 0 Å². The van der Waals surface area contributed by atoms with Crippen LogP contribution in [-0.2, 0) is 0 Å². The lowest BCUT2D eigenvalue weighted by molar-refractivity contribution is 0.487. The standard InChI is InChI=1S/C19H21N/c1-3-11-18(20-4-2)19(16-12-7-5-8-13-16)17-14-9-6-10-15-17/h1,5-10,12-15,18-20H,4,11H2,2H3. The van der Waals surface area contributed by atoms with Gasteiger partial charge in [-0.15, -0.1) is 12.3 Å². The second kappa shape index (κ2) is 7.53. The SMILES string of the molecule is C#CCC(NCC)C(c1ccccc1)c1ccccc1. The van der Waals surface area contributed by atoms with E-state index in [2.05, 4.69) is 78.8 Å². The van der Waals surface area contributed by atoms with Crippen molar-refractivity contribution in [2.45, 2.75) is 25.3 Å². The zero-order chi connectivity index (χ0) is 14.2. The average Bonchev–Trinajstić information content (AvgIpc) is 2.50. The summed E-state index contributed by atoms with van der Waals surface area (Å²) in [5.41, 5.74) is 2.61. The lowest BCUT2D eigenvalue weighted by atomic mass is 9.83. The van der Waals surface area contributed by atoms with Crippen LogP contribution in [0.4, 0.5) is 0 Å². The van der Waals surface area contributed by atoms with Gasteiger partial charge in [-0.05, 0) is 17.7 Å². The Hall–Kier alpha value is -2.04. The monoisotopic (exact) mass is 263 g/mol. The summed E-state index contributed by atoms with van der Waals surface area (Å²) < 4.78 is 0. The lowest BCUT2D eigenvalue weighted by Crippen LogP contribution is -2.35. The van der Waals surface area contributed by atoms with Gasteiger partial charge in [0.2, 0.25) is 0 Å². The van der Waals surface area contributed by atoms with Gasteiger partial charge in [0.25, 0.3) is 0 Å². The van der Waals surface area contributed by atoms with Crippen LogP contribution in [0.5, 0.6) is 0 Å². The molecule has 2 rings (SSSR count). The van der Waals surface area contributed by atoms with Crippen LogP contribution in [0.15, 0.2) is 60.7 Å². The summed E-state index contributed by atoms with van der Waals surface area (Å²) in [6.07, 6.45) is 6.29. The van der Waals surface area contributed by atoms with Crippen LogP contribution in [-0.4, -0.2) is 12.6 Å². The molecule has 1 heteroatoms. The van der Waals surface area contributed by atoms with Crippen molar-refractivity contribution in [3.05, 3.63) is 71.8 Å². The van der Waals surface area contributed by atoms with Crippen LogP contribution >= 0.6 is 0 Å². The minimum atomic E-state index is 0.259. The molecule has 102 valence electrons. The molecule has 0 fully saturated rings. The molecule has 0 saturated carbocycles. The van der Waals surface area contributed by atoms with E-state index < -0.39 is 0 Å². The van der Waals surface area contributed by atoms with E-state index in [0.29, 0.717) is 0 Å². The van der Waals surface area contributed by atoms with Gasteiger partial charge in [-0.2, -0.15) is 0 Å². The van der Waals surface area contributed by atoms with Gasteiger partial charge in [0.1, 0.15) is 0 Å². The third kappa shape index (κ3) is 3.50. The minimum Gasteiger partial charge on any atom is -0.312 e. The molecule has 0 radical (unpaired) electrons. The smallest absolute Gasteiger partial charge is 0.0286 e. The van der Waals surface area contributed by atoms with Crippen molar-refractivity contribution < 1.29 is 0 Å². The fourth-order valence-electron chi connectivity index (χ4n) is 2.67. The zero-order valence-corrected chi connectivity index (χ0v) is 11.9. The first-order valence-corrected chi connectivity index (χ1v) is 7.13. The number of terminal acetylenes is 1. The van der Waals surface area contributed by atoms with E-state index in [9.17, 15) is 0 Å². The molecule has 0 saturated heterocycles. The third-order valence-electron chi connectivity index (χ3n) is 3.52. The quantitative estimate of drug-likeness (QED) is 0.781. The predicted octanol–water partition coefficient (Wildman–Crippen LogP) is 3.82. The molecule has 1 nitrogen and oxygen atoms in total. The summed E-state index contributed by atoms with van der Waals surface area (Å²) in [5.74, 6) is 3.10. The third-order valence-corrected chi connectivity index (χ3v) is 3.52. The minimum absolute atomic E-state index is 0.259. The maximum absolute atomic E-state index is 5.56. The number of hydrogen-bond acceptors (Lipinski definition) is 1. The van der Waals surface area contributed by atoms with E-state index in [-0.39, 0.29) is 12.0 Å². The lowest BCUT2D eigenvalue weighted by Gasteiger charge is -2.27. The van der Waals surface area contributed by atoms with Crippen molar-refractivity contribution >= 4 is 0 Å². The maximum Gasteiger partial charge on any atom is 0.0286 e. The summed E-state index contributed by atoms with van der Waals surface area (Å²) in [6.45, 7) is 3.04. The van der Waals surface area contributed by atoms with Gasteiger partial charge in [0, 0.05) is 18.4 Å². The molecule has 0 bridgehead atoms. The van der Waals surface area contributed by atoms with Crippen molar-refractivity contribution in [3.63, 3.8) is 0 Å².